The van der Waals surface area contributed by atoms with Crippen LogP contribution in [0.2, 0.25) is 5.15 Å². The first-order chi connectivity index (χ1) is 12.4. The molecule has 136 valence electrons. The van der Waals surface area contributed by atoms with Crippen molar-refractivity contribution >= 4 is 32.8 Å². The number of allylic oxidation sites excluding steroid dienone is 2. The van der Waals surface area contributed by atoms with Gasteiger partial charge >= 0.3 is 0 Å². The first-order valence-electron chi connectivity index (χ1n) is 8.84. The molecule has 4 rings (SSSR count). The highest BCUT2D eigenvalue weighted by Gasteiger charge is 2.41. The van der Waals surface area contributed by atoms with E-state index in [1.165, 1.54) is 36.8 Å². The summed E-state index contributed by atoms with van der Waals surface area (Å²) in [5.41, 5.74) is 5.09. The quantitative estimate of drug-likeness (QED) is 0.778. The predicted octanol–water partition coefficient (Wildman–Crippen LogP) is 4.65. The summed E-state index contributed by atoms with van der Waals surface area (Å²) >= 11 is 5.96. The van der Waals surface area contributed by atoms with Crippen LogP contribution in [0.15, 0.2) is 47.5 Å². The highest BCUT2D eigenvalue weighted by Crippen LogP contribution is 2.57. The van der Waals surface area contributed by atoms with E-state index in [2.05, 4.69) is 4.98 Å². The minimum Gasteiger partial charge on any atom is -0.244 e. The van der Waals surface area contributed by atoms with Gasteiger partial charge in [-0.15, -0.1) is 0 Å². The smallest absolute Gasteiger partial charge is 0.238 e. The lowest BCUT2D eigenvalue weighted by Gasteiger charge is -2.23. The lowest BCUT2D eigenvalue weighted by Crippen LogP contribution is -2.12. The fourth-order valence-electron chi connectivity index (χ4n) is 4.46. The molecular weight excluding hydrogens is 368 g/mol. The Kier molecular flexibility index (Phi) is 4.41. The molecule has 0 unspecified atom stereocenters. The molecule has 2 N–H and O–H groups in total. The van der Waals surface area contributed by atoms with Crippen molar-refractivity contribution in [2.45, 2.75) is 43.4 Å². The van der Waals surface area contributed by atoms with Crippen molar-refractivity contribution in [3.05, 3.63) is 58.9 Å². The van der Waals surface area contributed by atoms with Crippen LogP contribution in [0.3, 0.4) is 0 Å². The summed E-state index contributed by atoms with van der Waals surface area (Å²) in [5.74, 6) is 0. The molecule has 1 aromatic heterocycles. The van der Waals surface area contributed by atoms with Gasteiger partial charge < -0.3 is 0 Å². The maximum Gasteiger partial charge on any atom is 0.238 e. The largest absolute Gasteiger partial charge is 0.244 e. The predicted molar refractivity (Wildman–Crippen MR) is 104 cm³/mol. The van der Waals surface area contributed by atoms with Crippen LogP contribution in [0.4, 0.5) is 0 Å². The lowest BCUT2D eigenvalue weighted by molar-refractivity contribution is 0.330. The van der Waals surface area contributed by atoms with Crippen LogP contribution in [-0.4, -0.2) is 13.4 Å². The second kappa shape index (κ2) is 6.48. The summed E-state index contributed by atoms with van der Waals surface area (Å²) < 4.78 is 23.1. The Bertz CT molecular complexity index is 958. The van der Waals surface area contributed by atoms with Crippen molar-refractivity contribution in [1.29, 1.82) is 0 Å². The molecule has 0 bridgehead atoms. The number of aromatic nitrogens is 1. The normalized spacial score (nSPS) is 19.5. The van der Waals surface area contributed by atoms with E-state index in [1.54, 1.807) is 12.1 Å². The van der Waals surface area contributed by atoms with Gasteiger partial charge in [0.15, 0.2) is 0 Å². The highest BCUT2D eigenvalue weighted by molar-refractivity contribution is 7.89. The number of nitrogens with two attached hydrogens (primary N) is 1. The second-order valence-electron chi connectivity index (χ2n) is 7.46. The maximum atomic E-state index is 11.5. The van der Waals surface area contributed by atoms with Crippen LogP contribution in [-0.2, 0) is 10.0 Å². The standard InChI is InChI=1S/C20H21ClN2O2S/c21-19-8-5-15(13-23-19)18-12-20(9-1-2-10-20)11-17(18)14-3-6-16(7-4-14)26(22,24)25/h3-8,13H,1-2,9-12H2,(H2,22,24,25). The molecule has 0 radical (unpaired) electrons. The zero-order chi connectivity index (χ0) is 18.4. The number of sulfonamides is 1. The van der Waals surface area contributed by atoms with Gasteiger partial charge in [0.25, 0.3) is 0 Å². The van der Waals surface area contributed by atoms with Gasteiger partial charge in [0.2, 0.25) is 10.0 Å². The molecule has 1 heterocycles. The van der Waals surface area contributed by atoms with Gasteiger partial charge in [-0.05, 0) is 71.6 Å². The number of primary sulfonamides is 1. The molecule has 0 atom stereocenters. The Morgan fingerprint density at radius 1 is 0.923 bits per heavy atom. The van der Waals surface area contributed by atoms with Gasteiger partial charge in [0.1, 0.15) is 5.15 Å². The topological polar surface area (TPSA) is 73.1 Å². The van der Waals surface area contributed by atoms with E-state index >= 15 is 0 Å². The molecule has 1 spiro atoms. The zero-order valence-corrected chi connectivity index (χ0v) is 16.0. The third-order valence-electron chi connectivity index (χ3n) is 5.74. The molecule has 1 fully saturated rings. The molecule has 2 aliphatic carbocycles. The van der Waals surface area contributed by atoms with E-state index < -0.39 is 10.0 Å². The summed E-state index contributed by atoms with van der Waals surface area (Å²) in [6, 6.07) is 10.8. The van der Waals surface area contributed by atoms with Crippen LogP contribution in [0, 0.1) is 5.41 Å². The molecule has 1 saturated carbocycles. The third-order valence-corrected chi connectivity index (χ3v) is 6.89. The van der Waals surface area contributed by atoms with E-state index in [1.807, 2.05) is 30.5 Å². The second-order valence-corrected chi connectivity index (χ2v) is 9.41. The van der Waals surface area contributed by atoms with Crippen molar-refractivity contribution in [3.63, 3.8) is 0 Å². The van der Waals surface area contributed by atoms with Crippen LogP contribution in [0.5, 0.6) is 0 Å². The Labute approximate surface area is 159 Å². The van der Waals surface area contributed by atoms with Crippen molar-refractivity contribution in [2.24, 2.45) is 10.6 Å². The summed E-state index contributed by atoms with van der Waals surface area (Å²) in [7, 11) is -3.68. The number of hydrogen-bond donors (Lipinski definition) is 1. The number of benzene rings is 1. The first kappa shape index (κ1) is 17.7. The molecular formula is C20H21ClN2O2S. The van der Waals surface area contributed by atoms with Crippen LogP contribution >= 0.6 is 11.6 Å². The minimum absolute atomic E-state index is 0.144. The summed E-state index contributed by atoms with van der Waals surface area (Å²) in [5, 5.41) is 5.71. The van der Waals surface area contributed by atoms with Gasteiger partial charge in [-0.25, -0.2) is 18.5 Å². The fraction of sp³-hybridized carbons (Fsp3) is 0.350. The molecule has 26 heavy (non-hydrogen) atoms. The maximum absolute atomic E-state index is 11.5. The van der Waals surface area contributed by atoms with Crippen molar-refractivity contribution in [3.8, 4) is 0 Å². The van der Waals surface area contributed by atoms with Gasteiger partial charge in [-0.2, -0.15) is 0 Å². The summed E-state index contributed by atoms with van der Waals surface area (Å²) in [6.45, 7) is 0. The van der Waals surface area contributed by atoms with Crippen LogP contribution < -0.4 is 5.14 Å². The van der Waals surface area contributed by atoms with Crippen molar-refractivity contribution < 1.29 is 8.42 Å². The zero-order valence-electron chi connectivity index (χ0n) is 14.4. The first-order valence-corrected chi connectivity index (χ1v) is 10.8. The molecule has 0 aliphatic heterocycles. The number of hydrogen-bond acceptors (Lipinski definition) is 3. The van der Waals surface area contributed by atoms with E-state index in [0.29, 0.717) is 10.6 Å². The van der Waals surface area contributed by atoms with Gasteiger partial charge in [-0.3, -0.25) is 0 Å². The summed E-state index contributed by atoms with van der Waals surface area (Å²) in [4.78, 5) is 4.39. The van der Waals surface area contributed by atoms with Gasteiger partial charge in [0, 0.05) is 6.20 Å². The molecule has 2 aromatic rings. The summed E-state index contributed by atoms with van der Waals surface area (Å²) in [6.07, 6.45) is 8.97. The SMILES string of the molecule is NS(=O)(=O)c1ccc(C2=C(c3ccc(Cl)nc3)CC3(CCCC3)C2)cc1. The van der Waals surface area contributed by atoms with E-state index in [0.717, 1.165) is 24.0 Å². The van der Waals surface area contributed by atoms with Crippen molar-refractivity contribution in [2.75, 3.05) is 0 Å². The third kappa shape index (κ3) is 3.31. The average molecular weight is 389 g/mol. The Hall–Kier alpha value is -1.69. The molecule has 0 amide bonds. The molecule has 1 aromatic carbocycles. The molecule has 0 saturated heterocycles. The molecule has 2 aliphatic rings. The van der Waals surface area contributed by atoms with E-state index in [-0.39, 0.29) is 4.90 Å². The average Bonchev–Trinajstić information content (AvgIpc) is 3.22. The number of halogens is 1. The fourth-order valence-corrected chi connectivity index (χ4v) is 5.08. The molecule has 6 heteroatoms. The Morgan fingerprint density at radius 2 is 1.50 bits per heavy atom. The highest BCUT2D eigenvalue weighted by atomic mass is 35.5. The van der Waals surface area contributed by atoms with Gasteiger partial charge in [0.05, 0.1) is 4.90 Å². The monoisotopic (exact) mass is 388 g/mol. The van der Waals surface area contributed by atoms with E-state index in [4.69, 9.17) is 16.7 Å². The van der Waals surface area contributed by atoms with Gasteiger partial charge in [-0.1, -0.05) is 42.6 Å². The van der Waals surface area contributed by atoms with Crippen LogP contribution in [0.1, 0.15) is 49.7 Å². The number of nitrogens with zero attached hydrogens (tertiary/aromatic N) is 1. The number of pyridine rings is 1. The Balaban J connectivity index is 1.78. The lowest BCUT2D eigenvalue weighted by atomic mass is 9.81. The molecule has 4 nitrogen and oxygen atoms in total. The van der Waals surface area contributed by atoms with E-state index in [9.17, 15) is 8.42 Å². The minimum atomic E-state index is -3.68. The Morgan fingerprint density at radius 3 is 2.04 bits per heavy atom. The van der Waals surface area contributed by atoms with Crippen molar-refractivity contribution in [1.82, 2.24) is 4.98 Å². The number of rotatable bonds is 3. The van der Waals surface area contributed by atoms with Crippen LogP contribution in [0.25, 0.3) is 11.1 Å².